The van der Waals surface area contributed by atoms with Crippen molar-refractivity contribution in [2.24, 2.45) is 0 Å². The summed E-state index contributed by atoms with van der Waals surface area (Å²) >= 11 is 9.63. The Kier molecular flexibility index (Phi) is 3.19. The molecule has 0 saturated carbocycles. The number of hydrogen-bond donors (Lipinski definition) is 0. The van der Waals surface area contributed by atoms with Crippen molar-refractivity contribution in [1.82, 2.24) is 5.01 Å². The Morgan fingerprint density at radius 1 is 1.18 bits per heavy atom. The van der Waals surface area contributed by atoms with E-state index in [-0.39, 0.29) is 0 Å². The van der Waals surface area contributed by atoms with E-state index in [0.29, 0.717) is 5.02 Å². The number of hydrogen-bond acceptors (Lipinski definition) is 3. The van der Waals surface area contributed by atoms with Crippen molar-refractivity contribution in [3.8, 4) is 5.75 Å². The summed E-state index contributed by atoms with van der Waals surface area (Å²) in [6, 6.07) is 3.82. The smallest absolute Gasteiger partial charge is 0.146 e. The maximum Gasteiger partial charge on any atom is 0.146 e. The lowest BCUT2D eigenvalue weighted by Crippen LogP contribution is -2.45. The van der Waals surface area contributed by atoms with Gasteiger partial charge in [0, 0.05) is 28.7 Å². The number of benzene rings is 1. The van der Waals surface area contributed by atoms with Crippen LogP contribution in [-0.2, 0) is 0 Å². The molecule has 5 heteroatoms. The fourth-order valence-electron chi connectivity index (χ4n) is 2.48. The molecule has 17 heavy (non-hydrogen) atoms. The molecular weight excluding hydrogens is 304 g/mol. The molecule has 1 fully saturated rings. The third kappa shape index (κ3) is 2.14. The molecule has 3 nitrogen and oxygen atoms in total. The van der Waals surface area contributed by atoms with Crippen LogP contribution in [-0.4, -0.2) is 31.3 Å². The molecule has 0 aliphatic carbocycles. The van der Waals surface area contributed by atoms with Crippen molar-refractivity contribution < 1.29 is 4.74 Å². The summed E-state index contributed by atoms with van der Waals surface area (Å²) < 4.78 is 6.70. The molecule has 2 heterocycles. The minimum absolute atomic E-state index is 0.707. The van der Waals surface area contributed by atoms with E-state index in [1.807, 2.05) is 12.1 Å². The average Bonchev–Trinajstić information content (AvgIpc) is 2.80. The van der Waals surface area contributed by atoms with Gasteiger partial charge in [0.15, 0.2) is 0 Å². The highest BCUT2D eigenvalue weighted by Crippen LogP contribution is 2.41. The van der Waals surface area contributed by atoms with Gasteiger partial charge in [0.05, 0.1) is 6.54 Å². The van der Waals surface area contributed by atoms with E-state index in [9.17, 15) is 0 Å². The van der Waals surface area contributed by atoms with Gasteiger partial charge in [-0.25, -0.2) is 5.01 Å². The van der Waals surface area contributed by atoms with Crippen LogP contribution in [0.2, 0.25) is 5.02 Å². The van der Waals surface area contributed by atoms with Crippen LogP contribution >= 0.6 is 27.5 Å². The van der Waals surface area contributed by atoms with Gasteiger partial charge < -0.3 is 4.74 Å². The predicted octanol–water partition coefficient (Wildman–Crippen LogP) is 3.31. The minimum Gasteiger partial charge on any atom is -0.489 e. The highest BCUT2D eigenvalue weighted by atomic mass is 79.9. The molecule has 0 spiro atoms. The van der Waals surface area contributed by atoms with Crippen LogP contribution in [0.25, 0.3) is 0 Å². The lowest BCUT2D eigenvalue weighted by atomic mass is 10.2. The number of fused-ring (bicyclic) bond motifs is 1. The van der Waals surface area contributed by atoms with E-state index in [0.717, 1.165) is 42.2 Å². The zero-order valence-corrected chi connectivity index (χ0v) is 11.8. The topological polar surface area (TPSA) is 15.7 Å². The molecule has 0 atom stereocenters. The molecule has 0 radical (unpaired) electrons. The number of ether oxygens (including phenoxy) is 1. The first kappa shape index (κ1) is 11.6. The van der Waals surface area contributed by atoms with Gasteiger partial charge in [-0.15, -0.1) is 0 Å². The lowest BCUT2D eigenvalue weighted by Gasteiger charge is -2.38. The van der Waals surface area contributed by atoms with Gasteiger partial charge in [0.25, 0.3) is 0 Å². The van der Waals surface area contributed by atoms with Crippen molar-refractivity contribution >= 4 is 33.2 Å². The summed E-state index contributed by atoms with van der Waals surface area (Å²) in [5.41, 5.74) is 1.11. The summed E-state index contributed by atoms with van der Waals surface area (Å²) in [4.78, 5) is 0. The number of nitrogens with zero attached hydrogens (tertiary/aromatic N) is 2. The average molecular weight is 318 g/mol. The van der Waals surface area contributed by atoms with Crippen LogP contribution in [0.3, 0.4) is 0 Å². The van der Waals surface area contributed by atoms with Gasteiger partial charge in [-0.3, -0.25) is 5.01 Å². The molecule has 1 saturated heterocycles. The normalized spacial score (nSPS) is 20.2. The number of rotatable bonds is 1. The maximum absolute atomic E-state index is 6.05. The molecule has 0 aromatic heterocycles. The fraction of sp³-hybridized carbons (Fsp3) is 0.500. The first-order chi connectivity index (χ1) is 8.25. The largest absolute Gasteiger partial charge is 0.489 e. The van der Waals surface area contributed by atoms with Crippen LogP contribution in [0.4, 0.5) is 5.69 Å². The van der Waals surface area contributed by atoms with Gasteiger partial charge in [-0.1, -0.05) is 11.6 Å². The second-order valence-electron chi connectivity index (χ2n) is 4.37. The van der Waals surface area contributed by atoms with Crippen molar-refractivity contribution in [2.45, 2.75) is 12.8 Å². The van der Waals surface area contributed by atoms with E-state index in [2.05, 4.69) is 25.9 Å². The SMILES string of the molecule is Clc1cc(Br)c2c(c1)OCCN2N1CCCC1. The molecule has 1 aromatic rings. The minimum atomic E-state index is 0.707. The van der Waals surface area contributed by atoms with E-state index in [1.165, 1.54) is 12.8 Å². The number of hydrazine groups is 1. The molecule has 2 aliphatic rings. The fourth-order valence-corrected chi connectivity index (χ4v) is 3.47. The summed E-state index contributed by atoms with van der Waals surface area (Å²) in [5.74, 6) is 0.877. The Balaban J connectivity index is 2.00. The molecule has 92 valence electrons. The maximum atomic E-state index is 6.05. The number of halogens is 2. The van der Waals surface area contributed by atoms with Crippen molar-refractivity contribution in [1.29, 1.82) is 0 Å². The molecule has 0 amide bonds. The van der Waals surface area contributed by atoms with E-state index in [1.54, 1.807) is 0 Å². The first-order valence-electron chi connectivity index (χ1n) is 5.90. The molecule has 0 unspecified atom stereocenters. The summed E-state index contributed by atoms with van der Waals surface area (Å²) in [6.07, 6.45) is 2.55. The van der Waals surface area contributed by atoms with Gasteiger partial charge in [-0.05, 0) is 34.8 Å². The third-order valence-corrected chi connectivity index (χ3v) is 4.06. The van der Waals surface area contributed by atoms with E-state index < -0.39 is 0 Å². The van der Waals surface area contributed by atoms with E-state index in [4.69, 9.17) is 16.3 Å². The Hall–Kier alpha value is -0.450. The molecule has 2 aliphatic heterocycles. The second-order valence-corrected chi connectivity index (χ2v) is 5.66. The summed E-state index contributed by atoms with van der Waals surface area (Å²) in [6.45, 7) is 3.90. The van der Waals surface area contributed by atoms with Gasteiger partial charge in [-0.2, -0.15) is 0 Å². The molecule has 0 bridgehead atoms. The van der Waals surface area contributed by atoms with Crippen LogP contribution < -0.4 is 9.75 Å². The predicted molar refractivity (Wildman–Crippen MR) is 72.8 cm³/mol. The highest BCUT2D eigenvalue weighted by Gasteiger charge is 2.27. The van der Waals surface area contributed by atoms with Crippen LogP contribution in [0.15, 0.2) is 16.6 Å². The second kappa shape index (κ2) is 4.67. The lowest BCUT2D eigenvalue weighted by molar-refractivity contribution is 0.233. The first-order valence-corrected chi connectivity index (χ1v) is 7.07. The summed E-state index contributed by atoms with van der Waals surface area (Å²) in [7, 11) is 0. The monoisotopic (exact) mass is 316 g/mol. The standard InChI is InChI=1S/C12H14BrClN2O/c13-10-7-9(14)8-11-12(10)16(5-6-17-11)15-3-1-2-4-15/h7-8H,1-6H2. The van der Waals surface area contributed by atoms with Crippen LogP contribution in [0.5, 0.6) is 5.75 Å². The highest BCUT2D eigenvalue weighted by molar-refractivity contribution is 9.10. The Morgan fingerprint density at radius 2 is 1.94 bits per heavy atom. The van der Waals surface area contributed by atoms with Crippen molar-refractivity contribution in [3.05, 3.63) is 21.6 Å². The van der Waals surface area contributed by atoms with E-state index >= 15 is 0 Å². The molecule has 3 rings (SSSR count). The quantitative estimate of drug-likeness (QED) is 0.790. The zero-order valence-electron chi connectivity index (χ0n) is 9.46. The molecular formula is C12H14BrClN2O. The zero-order chi connectivity index (χ0) is 11.8. The van der Waals surface area contributed by atoms with Gasteiger partial charge in [0.1, 0.15) is 18.0 Å². The Labute approximate surface area is 114 Å². The van der Waals surface area contributed by atoms with Crippen LogP contribution in [0, 0.1) is 0 Å². The molecule has 1 aromatic carbocycles. The third-order valence-electron chi connectivity index (χ3n) is 3.24. The van der Waals surface area contributed by atoms with Crippen molar-refractivity contribution in [2.75, 3.05) is 31.3 Å². The summed E-state index contributed by atoms with van der Waals surface area (Å²) in [5, 5.41) is 5.44. The Morgan fingerprint density at radius 3 is 2.71 bits per heavy atom. The number of anilines is 1. The molecule has 0 N–H and O–H groups in total. The Bertz CT molecular complexity index is 435. The van der Waals surface area contributed by atoms with Crippen LogP contribution in [0.1, 0.15) is 12.8 Å². The van der Waals surface area contributed by atoms with Gasteiger partial charge in [0.2, 0.25) is 0 Å². The van der Waals surface area contributed by atoms with Gasteiger partial charge >= 0.3 is 0 Å². The van der Waals surface area contributed by atoms with Crippen molar-refractivity contribution in [3.63, 3.8) is 0 Å².